The van der Waals surface area contributed by atoms with Gasteiger partial charge in [-0.1, -0.05) is 13.0 Å². The second-order valence-electron chi connectivity index (χ2n) is 7.33. The van der Waals surface area contributed by atoms with Gasteiger partial charge in [-0.25, -0.2) is 23.1 Å². The van der Waals surface area contributed by atoms with Crippen molar-refractivity contribution in [2.75, 3.05) is 13.1 Å². The zero-order chi connectivity index (χ0) is 20.8. The van der Waals surface area contributed by atoms with E-state index in [9.17, 15) is 18.0 Å². The van der Waals surface area contributed by atoms with Crippen molar-refractivity contribution in [3.63, 3.8) is 0 Å². The average Bonchev–Trinajstić information content (AvgIpc) is 3.16. The van der Waals surface area contributed by atoms with E-state index in [-0.39, 0.29) is 35.3 Å². The number of halogens is 3. The monoisotopic (exact) mass is 403 g/mol. The Kier molecular flexibility index (Phi) is 4.76. The predicted octanol–water partition coefficient (Wildman–Crippen LogP) is 2.92. The third-order valence-electron chi connectivity index (χ3n) is 5.44. The molecule has 9 heteroatoms. The maximum atomic E-state index is 14.7. The van der Waals surface area contributed by atoms with Crippen LogP contribution in [0.5, 0.6) is 0 Å². The van der Waals surface area contributed by atoms with Crippen LogP contribution in [0.3, 0.4) is 0 Å². The van der Waals surface area contributed by atoms with Crippen LogP contribution in [-0.4, -0.2) is 45.7 Å². The van der Waals surface area contributed by atoms with E-state index in [2.05, 4.69) is 20.4 Å². The van der Waals surface area contributed by atoms with Gasteiger partial charge < -0.3 is 5.32 Å². The number of aromatic nitrogens is 2. The van der Waals surface area contributed by atoms with Crippen LogP contribution in [0.1, 0.15) is 37.9 Å². The Balaban J connectivity index is 1.68. The van der Waals surface area contributed by atoms with Crippen LogP contribution >= 0.6 is 0 Å². The molecule has 2 aromatic rings. The van der Waals surface area contributed by atoms with Crippen molar-refractivity contribution in [1.29, 1.82) is 0 Å². The van der Waals surface area contributed by atoms with E-state index in [1.807, 2.05) is 0 Å². The van der Waals surface area contributed by atoms with Gasteiger partial charge in [-0.05, 0) is 25.5 Å². The minimum atomic E-state index is -1.98. The van der Waals surface area contributed by atoms with Crippen molar-refractivity contribution >= 4 is 11.6 Å². The molecule has 1 N–H and O–H groups in total. The molecule has 0 aliphatic carbocycles. The number of carbonyl (C=O) groups is 1. The van der Waals surface area contributed by atoms with Crippen molar-refractivity contribution < 1.29 is 18.0 Å². The normalized spacial score (nSPS) is 20.7. The number of alkyl halides is 1. The molecule has 6 nitrogen and oxygen atoms in total. The van der Waals surface area contributed by atoms with Crippen LogP contribution in [0.2, 0.25) is 0 Å². The van der Waals surface area contributed by atoms with E-state index in [1.54, 1.807) is 18.0 Å². The summed E-state index contributed by atoms with van der Waals surface area (Å²) in [5, 5.41) is 8.94. The van der Waals surface area contributed by atoms with Crippen LogP contribution in [0, 0.1) is 11.6 Å². The minimum Gasteiger partial charge on any atom is -0.352 e. The van der Waals surface area contributed by atoms with Gasteiger partial charge in [-0.15, -0.1) is 0 Å². The van der Waals surface area contributed by atoms with Crippen molar-refractivity contribution in [3.05, 3.63) is 47.3 Å². The third kappa shape index (κ3) is 3.34. The zero-order valence-electron chi connectivity index (χ0n) is 16.0. The number of amides is 1. The SMILES string of the molecule is CCC(C)(F)c1ccc(-c2nccc(C3=NN4CCNC(=O)C4C3)n2)c(F)c1F. The van der Waals surface area contributed by atoms with Crippen LogP contribution < -0.4 is 5.32 Å². The van der Waals surface area contributed by atoms with Crippen molar-refractivity contribution in [2.24, 2.45) is 5.10 Å². The first-order chi connectivity index (χ1) is 13.8. The van der Waals surface area contributed by atoms with Gasteiger partial charge in [-0.2, -0.15) is 5.10 Å². The number of carbonyl (C=O) groups excluding carboxylic acids is 1. The molecule has 2 aliphatic rings. The molecule has 1 amide bonds. The Morgan fingerprint density at radius 3 is 2.79 bits per heavy atom. The lowest BCUT2D eigenvalue weighted by Crippen LogP contribution is -2.51. The second-order valence-corrected chi connectivity index (χ2v) is 7.33. The second kappa shape index (κ2) is 7.13. The first-order valence-corrected chi connectivity index (χ1v) is 9.45. The van der Waals surface area contributed by atoms with E-state index >= 15 is 0 Å². The maximum absolute atomic E-state index is 14.7. The number of hydrazone groups is 1. The Hall–Kier alpha value is -2.97. The molecule has 152 valence electrons. The standard InChI is InChI=1S/C20H20F3N5O/c1-3-20(2,23)12-5-4-11(16(21)17(12)22)18-24-7-6-13(26-18)14-10-15-19(29)25-8-9-28(15)27-14/h4-7,15H,3,8-10H2,1-2H3,(H,25,29). The van der Waals surface area contributed by atoms with Gasteiger partial charge in [0, 0.05) is 24.7 Å². The van der Waals surface area contributed by atoms with Crippen molar-refractivity contribution in [3.8, 4) is 11.4 Å². The molecule has 4 rings (SSSR count). The summed E-state index contributed by atoms with van der Waals surface area (Å²) in [4.78, 5) is 20.3. The lowest BCUT2D eigenvalue weighted by molar-refractivity contribution is -0.128. The third-order valence-corrected chi connectivity index (χ3v) is 5.44. The van der Waals surface area contributed by atoms with E-state index in [0.29, 0.717) is 30.9 Å². The summed E-state index contributed by atoms with van der Waals surface area (Å²) in [6.07, 6.45) is 1.81. The molecule has 0 saturated carbocycles. The highest BCUT2D eigenvalue weighted by molar-refractivity contribution is 6.04. The van der Waals surface area contributed by atoms with E-state index < -0.39 is 17.3 Å². The molecule has 1 aromatic carbocycles. The summed E-state index contributed by atoms with van der Waals surface area (Å²) in [5.74, 6) is -2.56. The molecule has 1 fully saturated rings. The number of benzene rings is 1. The van der Waals surface area contributed by atoms with Gasteiger partial charge >= 0.3 is 0 Å². The van der Waals surface area contributed by atoms with E-state index in [0.717, 1.165) is 0 Å². The van der Waals surface area contributed by atoms with Crippen LogP contribution in [0.4, 0.5) is 13.2 Å². The van der Waals surface area contributed by atoms with Crippen LogP contribution in [-0.2, 0) is 10.5 Å². The topological polar surface area (TPSA) is 70.5 Å². The molecular weight excluding hydrogens is 383 g/mol. The van der Waals surface area contributed by atoms with Gasteiger partial charge in [0.05, 0.1) is 23.5 Å². The summed E-state index contributed by atoms with van der Waals surface area (Å²) in [6, 6.07) is 3.73. The number of piperazine rings is 1. The highest BCUT2D eigenvalue weighted by atomic mass is 19.2. The Morgan fingerprint density at radius 2 is 2.07 bits per heavy atom. The van der Waals surface area contributed by atoms with Crippen LogP contribution in [0.15, 0.2) is 29.5 Å². The van der Waals surface area contributed by atoms with Gasteiger partial charge in [-0.3, -0.25) is 9.80 Å². The highest BCUT2D eigenvalue weighted by Crippen LogP contribution is 2.34. The molecule has 2 atom stereocenters. The summed E-state index contributed by atoms with van der Waals surface area (Å²) in [7, 11) is 0. The molecule has 0 radical (unpaired) electrons. The Morgan fingerprint density at radius 1 is 1.28 bits per heavy atom. The fourth-order valence-corrected chi connectivity index (χ4v) is 3.52. The number of hydrogen-bond donors (Lipinski definition) is 1. The highest BCUT2D eigenvalue weighted by Gasteiger charge is 2.36. The Labute approximate surface area is 165 Å². The van der Waals surface area contributed by atoms with Crippen LogP contribution in [0.25, 0.3) is 11.4 Å². The molecule has 1 aromatic heterocycles. The van der Waals surface area contributed by atoms with Gasteiger partial charge in [0.25, 0.3) is 0 Å². The molecule has 0 spiro atoms. The number of fused-ring (bicyclic) bond motifs is 1. The molecule has 0 bridgehead atoms. The molecular formula is C20H20F3N5O. The summed E-state index contributed by atoms with van der Waals surface area (Å²) in [6.45, 7) is 3.89. The smallest absolute Gasteiger partial charge is 0.244 e. The number of hydrogen-bond acceptors (Lipinski definition) is 5. The molecule has 2 unspecified atom stereocenters. The molecule has 29 heavy (non-hydrogen) atoms. The largest absolute Gasteiger partial charge is 0.352 e. The maximum Gasteiger partial charge on any atom is 0.244 e. The lowest BCUT2D eigenvalue weighted by Gasteiger charge is -2.27. The molecule has 1 saturated heterocycles. The van der Waals surface area contributed by atoms with Crippen molar-refractivity contribution in [2.45, 2.75) is 38.4 Å². The number of nitrogens with one attached hydrogen (secondary N) is 1. The average molecular weight is 403 g/mol. The van der Waals surface area contributed by atoms with Gasteiger partial charge in [0.2, 0.25) is 5.91 Å². The fraction of sp³-hybridized carbons (Fsp3) is 0.400. The van der Waals surface area contributed by atoms with Gasteiger partial charge in [0.1, 0.15) is 11.7 Å². The predicted molar refractivity (Wildman–Crippen MR) is 101 cm³/mol. The molecule has 2 aliphatic heterocycles. The first-order valence-electron chi connectivity index (χ1n) is 9.45. The summed E-state index contributed by atoms with van der Waals surface area (Å²) < 4.78 is 43.7. The quantitative estimate of drug-likeness (QED) is 0.852. The number of nitrogens with zero attached hydrogens (tertiary/aromatic N) is 4. The minimum absolute atomic E-state index is 0.0137. The van der Waals surface area contributed by atoms with Crippen molar-refractivity contribution in [1.82, 2.24) is 20.3 Å². The number of rotatable bonds is 4. The zero-order valence-corrected chi connectivity index (χ0v) is 16.0. The summed E-state index contributed by atoms with van der Waals surface area (Å²) >= 11 is 0. The molecule has 3 heterocycles. The Bertz CT molecular complexity index is 1010. The van der Waals surface area contributed by atoms with E-state index in [4.69, 9.17) is 0 Å². The summed E-state index contributed by atoms with van der Waals surface area (Å²) in [5.41, 5.74) is -1.45. The lowest BCUT2D eigenvalue weighted by atomic mass is 9.93. The fourth-order valence-electron chi connectivity index (χ4n) is 3.52. The van der Waals surface area contributed by atoms with E-state index in [1.165, 1.54) is 25.3 Å². The van der Waals surface area contributed by atoms with Gasteiger partial charge in [0.15, 0.2) is 17.5 Å². The first kappa shape index (κ1) is 19.4.